The van der Waals surface area contributed by atoms with E-state index in [0.29, 0.717) is 13.0 Å². The number of benzene rings is 2. The van der Waals surface area contributed by atoms with E-state index in [1.54, 1.807) is 4.90 Å². The highest BCUT2D eigenvalue weighted by Crippen LogP contribution is 2.44. The zero-order valence-corrected chi connectivity index (χ0v) is 19.6. The average molecular weight is 453 g/mol. The van der Waals surface area contributed by atoms with Crippen molar-refractivity contribution in [3.63, 3.8) is 0 Å². The molecule has 1 unspecified atom stereocenters. The van der Waals surface area contributed by atoms with Gasteiger partial charge in [0.05, 0.1) is 6.42 Å². The lowest BCUT2D eigenvalue weighted by Gasteiger charge is -2.37. The molecule has 0 bridgehead atoms. The lowest BCUT2D eigenvalue weighted by Crippen LogP contribution is -2.55. The average Bonchev–Trinajstić information content (AvgIpc) is 3.08. The molecule has 2 N–H and O–H groups in total. The molecule has 3 rings (SSSR count). The van der Waals surface area contributed by atoms with Crippen molar-refractivity contribution in [1.29, 1.82) is 0 Å². The number of hydrogen-bond acceptors (Lipinski definition) is 4. The molecule has 1 aliphatic carbocycles. The van der Waals surface area contributed by atoms with Gasteiger partial charge in [-0.05, 0) is 49.4 Å². The molecule has 7 nitrogen and oxygen atoms in total. The van der Waals surface area contributed by atoms with Gasteiger partial charge in [0.1, 0.15) is 12.6 Å². The first-order valence-corrected chi connectivity index (χ1v) is 11.3. The lowest BCUT2D eigenvalue weighted by atomic mass is 9.98. The number of nitrogens with zero attached hydrogens (tertiary/aromatic N) is 1. The maximum atomic E-state index is 13.1. The van der Waals surface area contributed by atoms with Gasteiger partial charge in [-0.2, -0.15) is 0 Å². The summed E-state index contributed by atoms with van der Waals surface area (Å²) in [7, 11) is 0. The molecule has 33 heavy (non-hydrogen) atoms. The number of amides is 2. The summed E-state index contributed by atoms with van der Waals surface area (Å²) in [6.45, 7) is 8.14. The number of carbonyl (C=O) groups excluding carboxylic acids is 2. The van der Waals surface area contributed by atoms with E-state index in [-0.39, 0.29) is 12.5 Å². The SMILES string of the molecule is CCCN(C(=O)C(CC(=O)O)NC(=O)OCC1c2ccccc2-c2ccccc21)C(C)(C)C. The molecule has 0 radical (unpaired) electrons. The maximum Gasteiger partial charge on any atom is 0.407 e. The summed E-state index contributed by atoms with van der Waals surface area (Å²) in [5.74, 6) is -1.72. The predicted octanol–water partition coefficient (Wildman–Crippen LogP) is 4.41. The van der Waals surface area contributed by atoms with Crippen LogP contribution in [-0.2, 0) is 14.3 Å². The van der Waals surface area contributed by atoms with Crippen molar-refractivity contribution in [1.82, 2.24) is 10.2 Å². The largest absolute Gasteiger partial charge is 0.481 e. The molecule has 0 aromatic heterocycles. The van der Waals surface area contributed by atoms with E-state index in [4.69, 9.17) is 4.74 Å². The minimum absolute atomic E-state index is 0.0891. The van der Waals surface area contributed by atoms with Crippen molar-refractivity contribution in [2.24, 2.45) is 0 Å². The Balaban J connectivity index is 1.72. The summed E-state index contributed by atoms with van der Waals surface area (Å²) < 4.78 is 5.51. The summed E-state index contributed by atoms with van der Waals surface area (Å²) in [6.07, 6.45) is -0.602. The van der Waals surface area contributed by atoms with Crippen molar-refractivity contribution in [2.45, 2.75) is 58.0 Å². The van der Waals surface area contributed by atoms with Gasteiger partial charge in [-0.1, -0.05) is 55.5 Å². The predicted molar refractivity (Wildman–Crippen MR) is 126 cm³/mol. The van der Waals surface area contributed by atoms with E-state index < -0.39 is 36.0 Å². The monoisotopic (exact) mass is 452 g/mol. The number of alkyl carbamates (subject to hydrolysis) is 1. The number of ether oxygens (including phenoxy) is 1. The second-order valence-corrected chi connectivity index (χ2v) is 9.28. The van der Waals surface area contributed by atoms with Crippen LogP contribution >= 0.6 is 0 Å². The highest BCUT2D eigenvalue weighted by atomic mass is 16.5. The van der Waals surface area contributed by atoms with E-state index >= 15 is 0 Å². The van der Waals surface area contributed by atoms with Gasteiger partial charge >= 0.3 is 12.1 Å². The van der Waals surface area contributed by atoms with Crippen LogP contribution in [0.3, 0.4) is 0 Å². The van der Waals surface area contributed by atoms with Crippen LogP contribution in [0.25, 0.3) is 11.1 Å². The summed E-state index contributed by atoms with van der Waals surface area (Å²) in [6, 6.07) is 14.8. The fourth-order valence-corrected chi connectivity index (χ4v) is 4.34. The van der Waals surface area contributed by atoms with Gasteiger partial charge < -0.3 is 20.1 Å². The Morgan fingerprint density at radius 2 is 1.58 bits per heavy atom. The molecule has 0 fully saturated rings. The molecule has 0 saturated carbocycles. The molecule has 0 saturated heterocycles. The van der Waals surface area contributed by atoms with Crippen molar-refractivity contribution in [2.75, 3.05) is 13.2 Å². The molecule has 2 aromatic rings. The van der Waals surface area contributed by atoms with Crippen molar-refractivity contribution < 1.29 is 24.2 Å². The van der Waals surface area contributed by atoms with Crippen LogP contribution < -0.4 is 5.32 Å². The molecule has 0 spiro atoms. The van der Waals surface area contributed by atoms with Gasteiger partial charge in [0.25, 0.3) is 0 Å². The third-order valence-corrected chi connectivity index (χ3v) is 5.84. The molecule has 1 aliphatic rings. The van der Waals surface area contributed by atoms with Gasteiger partial charge in [-0.15, -0.1) is 0 Å². The Morgan fingerprint density at radius 1 is 1.03 bits per heavy atom. The van der Waals surface area contributed by atoms with E-state index in [2.05, 4.69) is 5.32 Å². The van der Waals surface area contributed by atoms with Gasteiger partial charge in [-0.3, -0.25) is 9.59 Å². The van der Waals surface area contributed by atoms with Crippen molar-refractivity contribution >= 4 is 18.0 Å². The van der Waals surface area contributed by atoms with E-state index in [1.165, 1.54) is 0 Å². The first-order valence-electron chi connectivity index (χ1n) is 11.3. The molecule has 2 amide bonds. The van der Waals surface area contributed by atoms with Crippen LogP contribution in [-0.4, -0.2) is 52.7 Å². The van der Waals surface area contributed by atoms with Crippen LogP contribution in [0.4, 0.5) is 4.79 Å². The first kappa shape index (κ1) is 24.3. The zero-order chi connectivity index (χ0) is 24.2. The van der Waals surface area contributed by atoms with E-state index in [1.807, 2.05) is 76.2 Å². The standard InChI is InChI=1S/C26H32N2O5/c1-5-14-28(26(2,3)4)24(31)22(15-23(29)30)27-25(32)33-16-21-19-12-8-6-10-17(19)18-11-7-9-13-20(18)21/h6-13,21-22H,5,14-16H2,1-4H3,(H,27,32)(H,29,30). The lowest BCUT2D eigenvalue weighted by molar-refractivity contribution is -0.145. The molecule has 2 aromatic carbocycles. The summed E-state index contributed by atoms with van der Waals surface area (Å²) in [5, 5.41) is 11.8. The van der Waals surface area contributed by atoms with Gasteiger partial charge in [0.15, 0.2) is 0 Å². The Labute approximate surface area is 194 Å². The Bertz CT molecular complexity index is 982. The highest BCUT2D eigenvalue weighted by molar-refractivity contribution is 5.89. The zero-order valence-electron chi connectivity index (χ0n) is 19.6. The number of hydrogen-bond donors (Lipinski definition) is 2. The Kier molecular flexibility index (Phi) is 7.41. The third-order valence-electron chi connectivity index (χ3n) is 5.84. The molecular weight excluding hydrogens is 420 g/mol. The van der Waals surface area contributed by atoms with E-state index in [0.717, 1.165) is 22.3 Å². The van der Waals surface area contributed by atoms with Crippen LogP contribution in [0.1, 0.15) is 57.6 Å². The minimum atomic E-state index is -1.20. The maximum absolute atomic E-state index is 13.1. The molecule has 176 valence electrons. The van der Waals surface area contributed by atoms with Gasteiger partial charge in [0, 0.05) is 18.0 Å². The minimum Gasteiger partial charge on any atom is -0.481 e. The molecule has 1 atom stereocenters. The van der Waals surface area contributed by atoms with Crippen LogP contribution in [0.15, 0.2) is 48.5 Å². The van der Waals surface area contributed by atoms with Crippen molar-refractivity contribution in [3.05, 3.63) is 59.7 Å². The second-order valence-electron chi connectivity index (χ2n) is 9.28. The number of fused-ring (bicyclic) bond motifs is 3. The Hall–Kier alpha value is -3.35. The molecule has 7 heteroatoms. The summed E-state index contributed by atoms with van der Waals surface area (Å²) >= 11 is 0. The normalized spacial score (nSPS) is 13.6. The van der Waals surface area contributed by atoms with Gasteiger partial charge in [0.2, 0.25) is 5.91 Å². The van der Waals surface area contributed by atoms with Gasteiger partial charge in [-0.25, -0.2) is 4.79 Å². The van der Waals surface area contributed by atoms with Crippen LogP contribution in [0.5, 0.6) is 0 Å². The number of nitrogens with one attached hydrogen (secondary N) is 1. The summed E-state index contributed by atoms with van der Waals surface area (Å²) in [4.78, 5) is 38.8. The topological polar surface area (TPSA) is 95.9 Å². The van der Waals surface area contributed by atoms with Crippen molar-refractivity contribution in [3.8, 4) is 11.1 Å². The number of carboxylic acids is 1. The molecule has 0 heterocycles. The fourth-order valence-electron chi connectivity index (χ4n) is 4.34. The number of carboxylic acid groups (broad SMARTS) is 1. The Morgan fingerprint density at radius 3 is 2.06 bits per heavy atom. The van der Waals surface area contributed by atoms with E-state index in [9.17, 15) is 19.5 Å². The quantitative estimate of drug-likeness (QED) is 0.619. The molecule has 0 aliphatic heterocycles. The van der Waals surface area contributed by atoms with Crippen LogP contribution in [0.2, 0.25) is 0 Å². The smallest absolute Gasteiger partial charge is 0.407 e. The van der Waals surface area contributed by atoms with Crippen LogP contribution in [0, 0.1) is 0 Å². The number of rotatable bonds is 8. The first-order chi connectivity index (χ1) is 15.6. The molecular formula is C26H32N2O5. The fraction of sp³-hybridized carbons (Fsp3) is 0.423. The second kappa shape index (κ2) is 10.1. The number of aliphatic carboxylic acids is 1. The summed E-state index contributed by atoms with van der Waals surface area (Å²) in [5.41, 5.74) is 3.87. The highest BCUT2D eigenvalue weighted by Gasteiger charge is 2.34. The third kappa shape index (κ3) is 5.53. The number of carbonyl (C=O) groups is 3.